The highest BCUT2D eigenvalue weighted by Gasteiger charge is 2.22. The van der Waals surface area contributed by atoms with Crippen molar-refractivity contribution in [3.63, 3.8) is 0 Å². The quantitative estimate of drug-likeness (QED) is 0.899. The van der Waals surface area contributed by atoms with E-state index in [0.29, 0.717) is 17.5 Å². The van der Waals surface area contributed by atoms with Gasteiger partial charge in [0, 0.05) is 11.5 Å². The molecule has 1 N–H and O–H groups in total. The molecule has 0 aliphatic heterocycles. The summed E-state index contributed by atoms with van der Waals surface area (Å²) in [6.45, 7) is 4.03. The minimum atomic E-state index is -0.446. The van der Waals surface area contributed by atoms with Crippen molar-refractivity contribution in [2.75, 3.05) is 0 Å². The van der Waals surface area contributed by atoms with Gasteiger partial charge in [0.2, 0.25) is 0 Å². The average Bonchev–Trinajstić information content (AvgIpc) is 2.47. The van der Waals surface area contributed by atoms with Gasteiger partial charge in [-0.3, -0.25) is 0 Å². The Kier molecular flexibility index (Phi) is 4.61. The number of hydrogen-bond donors (Lipinski definition) is 1. The Balaban J connectivity index is 2.55. The highest BCUT2D eigenvalue weighted by atomic mass is 16.4. The molecule has 0 aliphatic carbocycles. The van der Waals surface area contributed by atoms with Crippen LogP contribution in [-0.2, 0) is 6.42 Å². The second-order valence-corrected chi connectivity index (χ2v) is 4.93. The molecule has 2 rings (SSSR count). The third-order valence-corrected chi connectivity index (χ3v) is 3.57. The summed E-state index contributed by atoms with van der Waals surface area (Å²) in [7, 11) is 0. The van der Waals surface area contributed by atoms with Crippen LogP contribution in [0.1, 0.15) is 49.3 Å². The molecule has 0 saturated carbocycles. The fourth-order valence-corrected chi connectivity index (χ4v) is 2.56. The summed E-state index contributed by atoms with van der Waals surface area (Å²) in [4.78, 5) is 12.0. The summed E-state index contributed by atoms with van der Waals surface area (Å²) in [5.41, 5.74) is 1.66. The summed E-state index contributed by atoms with van der Waals surface area (Å²) in [5, 5.41) is 10.4. The zero-order valence-electron chi connectivity index (χ0n) is 11.9. The molecule has 1 heterocycles. The number of rotatable bonds is 5. The Labute approximate surface area is 118 Å². The molecular formula is C17H20O3. The van der Waals surface area contributed by atoms with Crippen molar-refractivity contribution in [3.05, 3.63) is 63.7 Å². The first-order chi connectivity index (χ1) is 9.69. The van der Waals surface area contributed by atoms with Gasteiger partial charge in [-0.05, 0) is 18.4 Å². The molecule has 0 bridgehead atoms. The van der Waals surface area contributed by atoms with Gasteiger partial charge in [0.15, 0.2) is 0 Å². The van der Waals surface area contributed by atoms with Crippen molar-refractivity contribution in [3.8, 4) is 5.75 Å². The first-order valence-electron chi connectivity index (χ1n) is 7.07. The van der Waals surface area contributed by atoms with Crippen LogP contribution in [0.15, 0.2) is 45.8 Å². The molecule has 0 fully saturated rings. The van der Waals surface area contributed by atoms with E-state index in [4.69, 9.17) is 4.42 Å². The zero-order chi connectivity index (χ0) is 14.5. The standard InChI is InChI=1S/C17H20O3/c1-3-8-13-11-20-17(19)15(16(13)18)14(4-2)12-9-6-5-7-10-12/h5-7,9-11,14,18H,3-4,8H2,1-2H3. The average molecular weight is 272 g/mol. The first kappa shape index (κ1) is 14.4. The van der Waals surface area contributed by atoms with Gasteiger partial charge in [-0.15, -0.1) is 0 Å². The van der Waals surface area contributed by atoms with E-state index < -0.39 is 5.63 Å². The van der Waals surface area contributed by atoms with Crippen molar-refractivity contribution >= 4 is 0 Å². The third-order valence-electron chi connectivity index (χ3n) is 3.57. The van der Waals surface area contributed by atoms with E-state index in [1.54, 1.807) is 0 Å². The lowest BCUT2D eigenvalue weighted by molar-refractivity contribution is 0.418. The maximum Gasteiger partial charge on any atom is 0.343 e. The normalized spacial score (nSPS) is 12.3. The van der Waals surface area contributed by atoms with Gasteiger partial charge in [0.25, 0.3) is 0 Å². The van der Waals surface area contributed by atoms with E-state index in [2.05, 4.69) is 0 Å². The van der Waals surface area contributed by atoms with Gasteiger partial charge >= 0.3 is 5.63 Å². The van der Waals surface area contributed by atoms with E-state index in [1.165, 1.54) is 6.26 Å². The highest BCUT2D eigenvalue weighted by molar-refractivity contribution is 5.43. The van der Waals surface area contributed by atoms with Gasteiger partial charge in [0.05, 0.1) is 5.56 Å². The molecule has 1 aromatic carbocycles. The van der Waals surface area contributed by atoms with Crippen LogP contribution in [0.25, 0.3) is 0 Å². The third kappa shape index (κ3) is 2.77. The molecule has 0 amide bonds. The van der Waals surface area contributed by atoms with Crippen LogP contribution in [0.5, 0.6) is 5.75 Å². The van der Waals surface area contributed by atoms with E-state index in [1.807, 2.05) is 44.2 Å². The van der Waals surface area contributed by atoms with Crippen LogP contribution in [-0.4, -0.2) is 5.11 Å². The zero-order valence-corrected chi connectivity index (χ0v) is 11.9. The largest absolute Gasteiger partial charge is 0.507 e. The Morgan fingerprint density at radius 2 is 1.90 bits per heavy atom. The summed E-state index contributed by atoms with van der Waals surface area (Å²) in [6, 6.07) is 9.75. The molecule has 1 atom stereocenters. The Morgan fingerprint density at radius 3 is 2.50 bits per heavy atom. The SMILES string of the molecule is CCCc1coc(=O)c(C(CC)c2ccccc2)c1O. The molecule has 0 radical (unpaired) electrons. The minimum Gasteiger partial charge on any atom is -0.507 e. The van der Waals surface area contributed by atoms with Gasteiger partial charge < -0.3 is 9.52 Å². The molecule has 20 heavy (non-hydrogen) atoms. The van der Waals surface area contributed by atoms with Crippen LogP contribution in [0.4, 0.5) is 0 Å². The first-order valence-corrected chi connectivity index (χ1v) is 7.07. The summed E-state index contributed by atoms with van der Waals surface area (Å²) in [6.07, 6.45) is 3.71. The summed E-state index contributed by atoms with van der Waals surface area (Å²) >= 11 is 0. The molecule has 0 saturated heterocycles. The molecule has 1 unspecified atom stereocenters. The molecule has 3 nitrogen and oxygen atoms in total. The highest BCUT2D eigenvalue weighted by Crippen LogP contribution is 2.33. The second-order valence-electron chi connectivity index (χ2n) is 4.93. The van der Waals surface area contributed by atoms with E-state index in [9.17, 15) is 9.90 Å². The molecule has 1 aromatic heterocycles. The molecule has 3 heteroatoms. The lowest BCUT2D eigenvalue weighted by Gasteiger charge is -2.17. The maximum absolute atomic E-state index is 12.0. The summed E-state index contributed by atoms with van der Waals surface area (Å²) in [5.74, 6) is -0.0388. The minimum absolute atomic E-state index is 0.0961. The van der Waals surface area contributed by atoms with Gasteiger partial charge in [-0.25, -0.2) is 4.79 Å². The number of aromatic hydroxyl groups is 1. The number of hydrogen-bond acceptors (Lipinski definition) is 3. The fraction of sp³-hybridized carbons (Fsp3) is 0.353. The van der Waals surface area contributed by atoms with Crippen LogP contribution < -0.4 is 5.63 Å². The molecule has 106 valence electrons. The van der Waals surface area contributed by atoms with Crippen molar-refractivity contribution in [1.82, 2.24) is 0 Å². The second kappa shape index (κ2) is 6.42. The van der Waals surface area contributed by atoms with Crippen LogP contribution in [0, 0.1) is 0 Å². The van der Waals surface area contributed by atoms with Crippen molar-refractivity contribution in [2.45, 2.75) is 39.0 Å². The topological polar surface area (TPSA) is 50.4 Å². The van der Waals surface area contributed by atoms with E-state index >= 15 is 0 Å². The van der Waals surface area contributed by atoms with Gasteiger partial charge in [-0.1, -0.05) is 50.6 Å². The molecular weight excluding hydrogens is 252 g/mol. The Hall–Kier alpha value is -2.03. The molecule has 0 spiro atoms. The Morgan fingerprint density at radius 1 is 1.20 bits per heavy atom. The molecule has 2 aromatic rings. The van der Waals surface area contributed by atoms with Crippen molar-refractivity contribution in [1.29, 1.82) is 0 Å². The van der Waals surface area contributed by atoms with Crippen LogP contribution >= 0.6 is 0 Å². The predicted octanol–water partition coefficient (Wildman–Crippen LogP) is 3.84. The monoisotopic (exact) mass is 272 g/mol. The number of benzene rings is 1. The predicted molar refractivity (Wildman–Crippen MR) is 79.2 cm³/mol. The lowest BCUT2D eigenvalue weighted by Crippen LogP contribution is -2.14. The van der Waals surface area contributed by atoms with E-state index in [-0.39, 0.29) is 11.7 Å². The van der Waals surface area contributed by atoms with Crippen LogP contribution in [0.3, 0.4) is 0 Å². The van der Waals surface area contributed by atoms with E-state index in [0.717, 1.165) is 18.4 Å². The lowest BCUT2D eigenvalue weighted by atomic mass is 9.88. The van der Waals surface area contributed by atoms with Crippen molar-refractivity contribution < 1.29 is 9.52 Å². The van der Waals surface area contributed by atoms with Crippen LogP contribution in [0.2, 0.25) is 0 Å². The number of aryl methyl sites for hydroxylation is 1. The molecule has 0 aliphatic rings. The van der Waals surface area contributed by atoms with Gasteiger partial charge in [-0.2, -0.15) is 0 Å². The van der Waals surface area contributed by atoms with Gasteiger partial charge in [0.1, 0.15) is 12.0 Å². The summed E-state index contributed by atoms with van der Waals surface area (Å²) < 4.78 is 5.11. The maximum atomic E-state index is 12.0. The van der Waals surface area contributed by atoms with Crippen molar-refractivity contribution in [2.24, 2.45) is 0 Å². The fourth-order valence-electron chi connectivity index (χ4n) is 2.56. The smallest absolute Gasteiger partial charge is 0.343 e. The Bertz CT molecular complexity index is 614.